The number of rotatable bonds is 3. The number of nitrogen functional groups attached to an aromatic ring is 1. The van der Waals surface area contributed by atoms with E-state index in [1.165, 1.54) is 4.90 Å². The molecule has 0 bridgehead atoms. The monoisotopic (exact) mass is 370 g/mol. The molecule has 3 N–H and O–H groups in total. The smallest absolute Gasteiger partial charge is 0.327 e. The van der Waals surface area contributed by atoms with Gasteiger partial charge in [-0.05, 0) is 52.9 Å². The Kier molecular flexibility index (Phi) is 3.88. The zero-order valence-corrected chi connectivity index (χ0v) is 13.6. The number of amides is 1. The summed E-state index contributed by atoms with van der Waals surface area (Å²) in [5, 5.41) is 9.33. The number of benzene rings is 1. The Bertz CT molecular complexity index is 606. The molecule has 0 aromatic heterocycles. The minimum absolute atomic E-state index is 0.0246. The second-order valence-corrected chi connectivity index (χ2v) is 7.37. The van der Waals surface area contributed by atoms with Crippen LogP contribution in [-0.2, 0) is 4.79 Å². The van der Waals surface area contributed by atoms with Crippen LogP contribution in [0.25, 0.3) is 0 Å². The molecule has 7 heteroatoms. The van der Waals surface area contributed by atoms with Gasteiger partial charge in [0.25, 0.3) is 5.91 Å². The predicted molar refractivity (Wildman–Crippen MR) is 85.1 cm³/mol. The Morgan fingerprint density at radius 3 is 2.67 bits per heavy atom. The van der Waals surface area contributed by atoms with Crippen LogP contribution >= 0.6 is 27.7 Å². The topological polar surface area (TPSA) is 83.6 Å². The number of aliphatic carboxylic acids is 1. The van der Waals surface area contributed by atoms with Gasteiger partial charge in [0, 0.05) is 21.5 Å². The average Bonchev–Trinajstić information content (AvgIpc) is 3.19. The van der Waals surface area contributed by atoms with E-state index >= 15 is 0 Å². The van der Waals surface area contributed by atoms with Crippen LogP contribution in [0.5, 0.6) is 0 Å². The number of anilines is 1. The molecule has 1 aromatic carbocycles. The third-order valence-electron chi connectivity index (χ3n) is 3.82. The molecule has 2 fully saturated rings. The first-order chi connectivity index (χ1) is 9.99. The number of carboxylic acid groups (broad SMARTS) is 1. The summed E-state index contributed by atoms with van der Waals surface area (Å²) in [4.78, 5) is 25.7. The van der Waals surface area contributed by atoms with Crippen LogP contribution in [0.4, 0.5) is 5.69 Å². The van der Waals surface area contributed by atoms with Gasteiger partial charge in [-0.2, -0.15) is 0 Å². The summed E-state index contributed by atoms with van der Waals surface area (Å²) < 4.78 is 0.725. The molecule has 5 nitrogen and oxygen atoms in total. The molecule has 2 aliphatic rings. The van der Waals surface area contributed by atoms with E-state index in [0.29, 0.717) is 22.9 Å². The fourth-order valence-corrected chi connectivity index (χ4v) is 4.42. The van der Waals surface area contributed by atoms with Crippen molar-refractivity contribution in [3.63, 3.8) is 0 Å². The summed E-state index contributed by atoms with van der Waals surface area (Å²) in [7, 11) is 0. The van der Waals surface area contributed by atoms with E-state index in [9.17, 15) is 14.7 Å². The molecule has 2 unspecified atom stereocenters. The van der Waals surface area contributed by atoms with Gasteiger partial charge in [0.05, 0.1) is 5.37 Å². The maximum atomic E-state index is 12.7. The Morgan fingerprint density at radius 1 is 1.38 bits per heavy atom. The molecule has 1 saturated heterocycles. The third kappa shape index (κ3) is 2.76. The number of carboxylic acids is 1. The zero-order valence-electron chi connectivity index (χ0n) is 11.2. The second-order valence-electron chi connectivity index (χ2n) is 5.36. The number of carbonyl (C=O) groups is 2. The van der Waals surface area contributed by atoms with Crippen molar-refractivity contribution < 1.29 is 14.7 Å². The molecule has 1 aliphatic carbocycles. The minimum Gasteiger partial charge on any atom is -0.480 e. The highest BCUT2D eigenvalue weighted by molar-refractivity contribution is 9.10. The minimum atomic E-state index is -0.941. The molecule has 1 saturated carbocycles. The summed E-state index contributed by atoms with van der Waals surface area (Å²) in [5.41, 5.74) is 6.73. The largest absolute Gasteiger partial charge is 0.480 e. The Morgan fingerprint density at radius 2 is 2.10 bits per heavy atom. The summed E-state index contributed by atoms with van der Waals surface area (Å²) in [5.74, 6) is -0.308. The second kappa shape index (κ2) is 5.53. The van der Waals surface area contributed by atoms with Gasteiger partial charge in [-0.1, -0.05) is 0 Å². The quantitative estimate of drug-likeness (QED) is 0.798. The van der Waals surface area contributed by atoms with Crippen molar-refractivity contribution in [3.05, 3.63) is 28.2 Å². The van der Waals surface area contributed by atoms with Crippen LogP contribution in [0.2, 0.25) is 0 Å². The van der Waals surface area contributed by atoms with Crippen molar-refractivity contribution in [1.82, 2.24) is 4.90 Å². The number of hydrogen-bond acceptors (Lipinski definition) is 4. The molecule has 3 rings (SSSR count). The number of thioether (sulfide) groups is 1. The summed E-state index contributed by atoms with van der Waals surface area (Å²) >= 11 is 4.87. The highest BCUT2D eigenvalue weighted by Crippen LogP contribution is 2.46. The average molecular weight is 371 g/mol. The SMILES string of the molecule is Nc1cc(C(=O)N2C(C(=O)O)CSC2C2CC2)ccc1Br. The highest BCUT2D eigenvalue weighted by Gasteiger charge is 2.48. The van der Waals surface area contributed by atoms with Crippen molar-refractivity contribution in [2.45, 2.75) is 24.3 Å². The molecule has 1 aromatic rings. The van der Waals surface area contributed by atoms with Gasteiger partial charge < -0.3 is 15.7 Å². The molecule has 2 atom stereocenters. The van der Waals surface area contributed by atoms with Gasteiger partial charge >= 0.3 is 5.97 Å². The van der Waals surface area contributed by atoms with Crippen LogP contribution in [0, 0.1) is 5.92 Å². The maximum absolute atomic E-state index is 12.7. The van der Waals surface area contributed by atoms with E-state index in [-0.39, 0.29) is 11.3 Å². The van der Waals surface area contributed by atoms with Gasteiger partial charge in [0.15, 0.2) is 0 Å². The lowest BCUT2D eigenvalue weighted by Crippen LogP contribution is -2.46. The van der Waals surface area contributed by atoms with Crippen LogP contribution in [-0.4, -0.2) is 39.1 Å². The van der Waals surface area contributed by atoms with Gasteiger partial charge in [-0.15, -0.1) is 11.8 Å². The Hall–Kier alpha value is -1.21. The number of carbonyl (C=O) groups excluding carboxylic acids is 1. The van der Waals surface area contributed by atoms with E-state index in [2.05, 4.69) is 15.9 Å². The molecule has 0 radical (unpaired) electrons. The van der Waals surface area contributed by atoms with Crippen molar-refractivity contribution in [3.8, 4) is 0 Å². The van der Waals surface area contributed by atoms with Crippen molar-refractivity contribution in [2.75, 3.05) is 11.5 Å². The standard InChI is InChI=1S/C14H15BrN2O3S/c15-9-4-3-8(5-10(9)16)12(18)17-11(14(19)20)6-21-13(17)7-1-2-7/h3-5,7,11,13H,1-2,6,16H2,(H,19,20). The van der Waals surface area contributed by atoms with Crippen molar-refractivity contribution >= 4 is 45.3 Å². The summed E-state index contributed by atoms with van der Waals surface area (Å²) in [6, 6.07) is 4.23. The Labute approximate surface area is 135 Å². The lowest BCUT2D eigenvalue weighted by molar-refractivity contribution is -0.141. The maximum Gasteiger partial charge on any atom is 0.327 e. The fourth-order valence-electron chi connectivity index (χ4n) is 2.55. The van der Waals surface area contributed by atoms with Crippen molar-refractivity contribution in [1.29, 1.82) is 0 Å². The Balaban J connectivity index is 1.91. The molecular weight excluding hydrogens is 356 g/mol. The van der Waals surface area contributed by atoms with Crippen LogP contribution in [0.15, 0.2) is 22.7 Å². The lowest BCUT2D eigenvalue weighted by Gasteiger charge is -2.27. The number of nitrogens with two attached hydrogens (primary N) is 1. The first kappa shape index (κ1) is 14.7. The van der Waals surface area contributed by atoms with Crippen LogP contribution < -0.4 is 5.73 Å². The van der Waals surface area contributed by atoms with E-state index in [4.69, 9.17) is 5.73 Å². The van der Waals surface area contributed by atoms with Gasteiger partial charge in [-0.25, -0.2) is 4.79 Å². The first-order valence-corrected chi connectivity index (χ1v) is 8.55. The van der Waals surface area contributed by atoms with Gasteiger partial charge in [0.2, 0.25) is 0 Å². The highest BCUT2D eigenvalue weighted by atomic mass is 79.9. The molecular formula is C14H15BrN2O3S. The van der Waals surface area contributed by atoms with Crippen molar-refractivity contribution in [2.24, 2.45) is 5.92 Å². The third-order valence-corrected chi connectivity index (χ3v) is 6.01. The van der Waals surface area contributed by atoms with Gasteiger partial charge in [-0.3, -0.25) is 4.79 Å². The van der Waals surface area contributed by atoms with Crippen LogP contribution in [0.1, 0.15) is 23.2 Å². The lowest BCUT2D eigenvalue weighted by atomic mass is 10.1. The number of hydrogen-bond donors (Lipinski definition) is 2. The van der Waals surface area contributed by atoms with E-state index in [0.717, 1.165) is 17.3 Å². The predicted octanol–water partition coefficient (Wildman–Crippen LogP) is 2.41. The van der Waals surface area contributed by atoms with E-state index in [1.54, 1.807) is 30.0 Å². The number of halogens is 1. The summed E-state index contributed by atoms with van der Waals surface area (Å²) in [6.45, 7) is 0. The molecule has 112 valence electrons. The first-order valence-electron chi connectivity index (χ1n) is 6.71. The summed E-state index contributed by atoms with van der Waals surface area (Å²) in [6.07, 6.45) is 2.13. The molecule has 1 amide bonds. The zero-order chi connectivity index (χ0) is 15.1. The van der Waals surface area contributed by atoms with E-state index < -0.39 is 12.0 Å². The number of nitrogens with zero attached hydrogens (tertiary/aromatic N) is 1. The molecule has 21 heavy (non-hydrogen) atoms. The van der Waals surface area contributed by atoms with Crippen LogP contribution in [0.3, 0.4) is 0 Å². The molecule has 1 aliphatic heterocycles. The molecule has 0 spiro atoms. The fraction of sp³-hybridized carbons (Fsp3) is 0.429. The molecule has 1 heterocycles. The normalized spacial score (nSPS) is 25.1. The van der Waals surface area contributed by atoms with Gasteiger partial charge in [0.1, 0.15) is 6.04 Å². The van der Waals surface area contributed by atoms with E-state index in [1.807, 2.05) is 0 Å².